The molecule has 0 spiro atoms. The van der Waals surface area contributed by atoms with Gasteiger partial charge in [-0.05, 0) is 37.0 Å². The second-order valence-corrected chi connectivity index (χ2v) is 13.3. The summed E-state index contributed by atoms with van der Waals surface area (Å²) < 4.78 is 0. The maximum atomic E-state index is 12.3. The highest BCUT2D eigenvalue weighted by Crippen LogP contribution is 2.78. The van der Waals surface area contributed by atoms with Crippen molar-refractivity contribution in [1.82, 2.24) is 0 Å². The van der Waals surface area contributed by atoms with Gasteiger partial charge in [0.1, 0.15) is 12.3 Å². The topological polar surface area (TPSA) is 74.6 Å². The van der Waals surface area contributed by atoms with E-state index in [4.69, 9.17) is 0 Å². The zero-order valence-electron chi connectivity index (χ0n) is 15.3. The molecule has 2 heterocycles. The number of rotatable bonds is 2. The van der Waals surface area contributed by atoms with Gasteiger partial charge in [0.25, 0.3) is 0 Å². The summed E-state index contributed by atoms with van der Waals surface area (Å²) in [5.41, 5.74) is 0.133. The van der Waals surface area contributed by atoms with Crippen LogP contribution >= 0.6 is 7.26 Å². The Balaban J connectivity index is 1.70. The molecule has 0 radical (unpaired) electrons. The first-order chi connectivity index (χ1) is 11.8. The van der Waals surface area contributed by atoms with E-state index in [2.05, 4.69) is 13.6 Å². The molecule has 4 aliphatic rings. The number of fused-ring (bicyclic) bond motifs is 5. The van der Waals surface area contributed by atoms with E-state index < -0.39 is 7.26 Å². The van der Waals surface area contributed by atoms with Gasteiger partial charge in [-0.15, -0.1) is 0 Å². The first-order valence-corrected chi connectivity index (χ1v) is 12.2. The predicted molar refractivity (Wildman–Crippen MR) is 99.0 cm³/mol. The third-order valence-corrected chi connectivity index (χ3v) is 13.0. The van der Waals surface area contributed by atoms with Crippen LogP contribution in [0.5, 0.6) is 0 Å². The van der Waals surface area contributed by atoms with Crippen LogP contribution in [-0.4, -0.2) is 53.0 Å². The Morgan fingerprint density at radius 1 is 1.32 bits per heavy atom. The quantitative estimate of drug-likeness (QED) is 0.738. The van der Waals surface area contributed by atoms with Crippen LogP contribution in [-0.2, 0) is 9.59 Å². The van der Waals surface area contributed by atoms with Crippen molar-refractivity contribution in [2.45, 2.75) is 57.2 Å². The van der Waals surface area contributed by atoms with Crippen LogP contribution in [0, 0.1) is 23.2 Å². The number of aliphatic hydroxyl groups excluding tert-OH is 2. The molecule has 0 amide bonds. The molecule has 2 N–H and O–H groups in total. The van der Waals surface area contributed by atoms with Gasteiger partial charge in [0.15, 0.2) is 11.6 Å². The lowest BCUT2D eigenvalue weighted by atomic mass is 9.58. The first kappa shape index (κ1) is 17.8. The fraction of sp³-hybridized carbons (Fsp3) is 0.800. The fourth-order valence-electron chi connectivity index (χ4n) is 7.04. The minimum absolute atomic E-state index is 0.0451. The molecule has 2 aliphatic carbocycles. The van der Waals surface area contributed by atoms with Gasteiger partial charge in [-0.3, -0.25) is 9.59 Å². The van der Waals surface area contributed by atoms with Gasteiger partial charge < -0.3 is 10.2 Å². The highest BCUT2D eigenvalue weighted by molar-refractivity contribution is 7.80. The molecule has 2 saturated carbocycles. The number of allylic oxidation sites excluding steroid dienone is 2. The van der Waals surface area contributed by atoms with Crippen LogP contribution < -0.4 is 0 Å². The molecule has 7 unspecified atom stereocenters. The summed E-state index contributed by atoms with van der Waals surface area (Å²) in [6.45, 7) is 4.16. The van der Waals surface area contributed by atoms with Gasteiger partial charge in [0.2, 0.25) is 0 Å². The molecule has 138 valence electrons. The summed E-state index contributed by atoms with van der Waals surface area (Å²) in [5.74, 6) is 1.05. The highest BCUT2D eigenvalue weighted by atomic mass is 31.2. The minimum Gasteiger partial charge on any atom is -0.389 e. The van der Waals surface area contributed by atoms with Crippen molar-refractivity contribution in [1.29, 1.82) is 0 Å². The first-order valence-electron chi connectivity index (χ1n) is 9.72. The van der Waals surface area contributed by atoms with Gasteiger partial charge in [-0.25, -0.2) is 0 Å². The van der Waals surface area contributed by atoms with Crippen molar-refractivity contribution >= 4 is 18.8 Å². The van der Waals surface area contributed by atoms with Crippen molar-refractivity contribution < 1.29 is 19.8 Å². The van der Waals surface area contributed by atoms with Crippen molar-refractivity contribution in [2.24, 2.45) is 23.2 Å². The normalized spacial score (nSPS) is 49.0. The van der Waals surface area contributed by atoms with Crippen LogP contribution in [0.1, 0.15) is 45.4 Å². The van der Waals surface area contributed by atoms with E-state index in [1.165, 1.54) is 5.31 Å². The number of hydrogen-bond donors (Lipinski definition) is 2. The average molecular weight is 365 g/mol. The Hall–Kier alpha value is -0.570. The summed E-state index contributed by atoms with van der Waals surface area (Å²) in [5, 5.41) is 21.9. The van der Waals surface area contributed by atoms with Crippen molar-refractivity contribution in [3.8, 4) is 0 Å². The molecule has 1 saturated heterocycles. The van der Waals surface area contributed by atoms with Crippen LogP contribution in [0.2, 0.25) is 0 Å². The molecule has 0 bridgehead atoms. The smallest absolute Gasteiger partial charge is 0.162 e. The van der Waals surface area contributed by atoms with Crippen LogP contribution in [0.25, 0.3) is 0 Å². The lowest BCUT2D eigenvalue weighted by Gasteiger charge is -2.55. The molecule has 7 atom stereocenters. The largest absolute Gasteiger partial charge is 0.389 e. The number of carbonyl (C=O) groups is 2. The standard InChI is InChI=1S/C20H30O4P/c1-20-10-17(23)19-14(15(20)5-6-16(20)18(24)11-21)4-3-13-9-12(22)7-8-25(13,19)2/h9,14-17,19,21,23H,3-8,10-11H2,1-2H3/q+1. The highest BCUT2D eigenvalue weighted by Gasteiger charge is 2.66. The molecule has 4 nitrogen and oxygen atoms in total. The van der Waals surface area contributed by atoms with Crippen molar-refractivity contribution in [2.75, 3.05) is 19.4 Å². The Kier molecular flexibility index (Phi) is 4.26. The molecule has 25 heavy (non-hydrogen) atoms. The fourth-order valence-corrected chi connectivity index (χ4v) is 11.8. The Labute approximate surface area is 150 Å². The molecule has 0 aromatic carbocycles. The van der Waals surface area contributed by atoms with E-state index in [-0.39, 0.29) is 35.6 Å². The zero-order valence-corrected chi connectivity index (χ0v) is 16.2. The van der Waals surface area contributed by atoms with Gasteiger partial charge in [0, 0.05) is 38.0 Å². The Morgan fingerprint density at radius 3 is 2.80 bits per heavy atom. The SMILES string of the molecule is CC12CC(O)C3C(CCC4=CC(=O)CC[P+]43C)C1CCC2C(=O)CO. The summed E-state index contributed by atoms with van der Waals surface area (Å²) in [6.07, 6.45) is 7.72. The van der Waals surface area contributed by atoms with Crippen molar-refractivity contribution in [3.63, 3.8) is 0 Å². The monoisotopic (exact) mass is 365 g/mol. The second kappa shape index (κ2) is 5.97. The Bertz CT molecular complexity index is 644. The molecule has 4 rings (SSSR count). The molecular formula is C20H30O4P+. The minimum atomic E-state index is -1.47. The third-order valence-electron chi connectivity index (χ3n) is 8.15. The lowest BCUT2D eigenvalue weighted by molar-refractivity contribution is -0.132. The van der Waals surface area contributed by atoms with E-state index in [9.17, 15) is 19.8 Å². The Morgan fingerprint density at radius 2 is 2.08 bits per heavy atom. The maximum absolute atomic E-state index is 12.3. The molecule has 5 heteroatoms. The summed E-state index contributed by atoms with van der Waals surface area (Å²) in [4.78, 5) is 24.2. The van der Waals surface area contributed by atoms with Gasteiger partial charge in [-0.2, -0.15) is 0 Å². The molecule has 0 aromatic rings. The summed E-state index contributed by atoms with van der Waals surface area (Å²) in [7, 11) is -1.47. The van der Waals surface area contributed by atoms with E-state index in [1.807, 2.05) is 6.08 Å². The number of aliphatic hydroxyl groups is 2. The van der Waals surface area contributed by atoms with Gasteiger partial charge in [0.05, 0.1) is 24.2 Å². The van der Waals surface area contributed by atoms with Crippen LogP contribution in [0.15, 0.2) is 11.4 Å². The molecule has 0 aromatic heterocycles. The second-order valence-electron chi connectivity index (χ2n) is 9.17. The van der Waals surface area contributed by atoms with Gasteiger partial charge in [-0.1, -0.05) is 6.92 Å². The molecule has 2 aliphatic heterocycles. The number of carbonyl (C=O) groups excluding carboxylic acids is 2. The summed E-state index contributed by atoms with van der Waals surface area (Å²) >= 11 is 0. The number of hydrogen-bond acceptors (Lipinski definition) is 4. The van der Waals surface area contributed by atoms with E-state index in [0.717, 1.165) is 31.8 Å². The van der Waals surface area contributed by atoms with E-state index in [0.29, 0.717) is 30.3 Å². The molecule has 3 fully saturated rings. The van der Waals surface area contributed by atoms with Crippen LogP contribution in [0.3, 0.4) is 0 Å². The predicted octanol–water partition coefficient (Wildman–Crippen LogP) is 2.63. The number of Topliss-reactive ketones (excluding diaryl/α,β-unsaturated/α-hetero) is 1. The summed E-state index contributed by atoms with van der Waals surface area (Å²) in [6, 6.07) is 0. The van der Waals surface area contributed by atoms with E-state index >= 15 is 0 Å². The van der Waals surface area contributed by atoms with Gasteiger partial charge >= 0.3 is 0 Å². The lowest BCUT2D eigenvalue weighted by Crippen LogP contribution is -2.54. The number of ketones is 2. The average Bonchev–Trinajstić information content (AvgIpc) is 2.91. The zero-order chi connectivity index (χ0) is 18.0. The third kappa shape index (κ3) is 2.44. The van der Waals surface area contributed by atoms with Crippen molar-refractivity contribution in [3.05, 3.63) is 11.4 Å². The molecular weight excluding hydrogens is 335 g/mol. The van der Waals surface area contributed by atoms with Crippen LogP contribution in [0.4, 0.5) is 0 Å². The van der Waals surface area contributed by atoms with E-state index in [1.54, 1.807) is 0 Å². The maximum Gasteiger partial charge on any atom is 0.162 e.